The molecule has 0 radical (unpaired) electrons. The highest BCUT2D eigenvalue weighted by atomic mass is 16.2. The zero-order valence-electron chi connectivity index (χ0n) is 16.2. The van der Waals surface area contributed by atoms with Crippen molar-refractivity contribution in [1.29, 1.82) is 0 Å². The Kier molecular flexibility index (Phi) is 6.09. The summed E-state index contributed by atoms with van der Waals surface area (Å²) < 4.78 is 0. The molecule has 3 rings (SSSR count). The van der Waals surface area contributed by atoms with Gasteiger partial charge in [0, 0.05) is 18.7 Å². The van der Waals surface area contributed by atoms with Gasteiger partial charge in [0.2, 0.25) is 5.91 Å². The van der Waals surface area contributed by atoms with Gasteiger partial charge in [-0.1, -0.05) is 42.5 Å². The number of imide groups is 1. The van der Waals surface area contributed by atoms with Crippen molar-refractivity contribution in [2.45, 2.75) is 39.2 Å². The van der Waals surface area contributed by atoms with Crippen LogP contribution in [-0.4, -0.2) is 35.3 Å². The number of carbonyl (C=O) groups excluding carboxylic acids is 3. The minimum Gasteiger partial charge on any atom is -0.326 e. The number of anilines is 1. The molecular weight excluding hydrogens is 354 g/mol. The van der Waals surface area contributed by atoms with Crippen LogP contribution in [0.15, 0.2) is 48.5 Å². The summed E-state index contributed by atoms with van der Waals surface area (Å²) in [5, 5.41) is 5.57. The standard InChI is InChI=1S/C22H25N3O3/c1-15-8-9-16(2)19(14-15)23-20(26)11-10-18-21(27)25(22(28)24-18)13-12-17-6-4-3-5-7-17/h3-9,14,18H,10-13H2,1-2H3,(H,23,26)(H,24,28)/t18-/m1/s1. The molecule has 146 valence electrons. The van der Waals surface area contributed by atoms with E-state index in [0.29, 0.717) is 13.0 Å². The van der Waals surface area contributed by atoms with Gasteiger partial charge in [0.15, 0.2) is 0 Å². The van der Waals surface area contributed by atoms with Crippen molar-refractivity contribution in [2.24, 2.45) is 0 Å². The van der Waals surface area contributed by atoms with Crippen LogP contribution < -0.4 is 10.6 Å². The summed E-state index contributed by atoms with van der Waals surface area (Å²) in [7, 11) is 0. The van der Waals surface area contributed by atoms with Crippen LogP contribution in [0.3, 0.4) is 0 Å². The maximum atomic E-state index is 12.5. The number of hydrogen-bond acceptors (Lipinski definition) is 3. The van der Waals surface area contributed by atoms with Gasteiger partial charge in [0.05, 0.1) is 0 Å². The predicted octanol–water partition coefficient (Wildman–Crippen LogP) is 3.19. The highest BCUT2D eigenvalue weighted by Crippen LogP contribution is 2.18. The van der Waals surface area contributed by atoms with Gasteiger partial charge in [-0.3, -0.25) is 14.5 Å². The van der Waals surface area contributed by atoms with Crippen molar-refractivity contribution in [2.75, 3.05) is 11.9 Å². The second kappa shape index (κ2) is 8.69. The second-order valence-corrected chi connectivity index (χ2v) is 7.13. The van der Waals surface area contributed by atoms with Gasteiger partial charge in [-0.15, -0.1) is 0 Å². The quantitative estimate of drug-likeness (QED) is 0.725. The minimum atomic E-state index is -0.646. The fourth-order valence-corrected chi connectivity index (χ4v) is 3.23. The van der Waals surface area contributed by atoms with Crippen molar-refractivity contribution in [3.05, 3.63) is 65.2 Å². The van der Waals surface area contributed by atoms with E-state index < -0.39 is 6.04 Å². The molecule has 0 aliphatic carbocycles. The average Bonchev–Trinajstić information content (AvgIpc) is 2.95. The summed E-state index contributed by atoms with van der Waals surface area (Å²) >= 11 is 0. The Hall–Kier alpha value is -3.15. The summed E-state index contributed by atoms with van der Waals surface area (Å²) in [5.41, 5.74) is 3.89. The van der Waals surface area contributed by atoms with E-state index >= 15 is 0 Å². The molecule has 0 bridgehead atoms. The van der Waals surface area contributed by atoms with Crippen LogP contribution in [-0.2, 0) is 16.0 Å². The van der Waals surface area contributed by atoms with Crippen LogP contribution in [0, 0.1) is 13.8 Å². The first kappa shape index (κ1) is 19.6. The number of hydrogen-bond donors (Lipinski definition) is 2. The van der Waals surface area contributed by atoms with Gasteiger partial charge in [-0.25, -0.2) is 4.79 Å². The van der Waals surface area contributed by atoms with Gasteiger partial charge < -0.3 is 10.6 Å². The molecule has 1 heterocycles. The maximum absolute atomic E-state index is 12.5. The lowest BCUT2D eigenvalue weighted by atomic mass is 10.1. The minimum absolute atomic E-state index is 0.163. The van der Waals surface area contributed by atoms with E-state index in [1.807, 2.05) is 62.4 Å². The van der Waals surface area contributed by atoms with Crippen LogP contribution in [0.1, 0.15) is 29.5 Å². The Labute approximate surface area is 164 Å². The first-order chi connectivity index (χ1) is 13.4. The molecule has 2 aromatic carbocycles. The van der Waals surface area contributed by atoms with Crippen molar-refractivity contribution in [3.8, 4) is 0 Å². The first-order valence-electron chi connectivity index (χ1n) is 9.47. The molecule has 1 saturated heterocycles. The summed E-state index contributed by atoms with van der Waals surface area (Å²) in [5.74, 6) is -0.432. The maximum Gasteiger partial charge on any atom is 0.324 e. The van der Waals surface area contributed by atoms with Crippen molar-refractivity contribution in [3.63, 3.8) is 0 Å². The monoisotopic (exact) mass is 379 g/mol. The normalized spacial score (nSPS) is 16.2. The fourth-order valence-electron chi connectivity index (χ4n) is 3.23. The number of carbonyl (C=O) groups is 3. The largest absolute Gasteiger partial charge is 0.326 e. The molecule has 2 aromatic rings. The summed E-state index contributed by atoms with van der Waals surface area (Å²) in [4.78, 5) is 38.1. The van der Waals surface area contributed by atoms with Gasteiger partial charge in [0.25, 0.3) is 5.91 Å². The molecular formula is C22H25N3O3. The summed E-state index contributed by atoms with van der Waals surface area (Å²) in [6, 6.07) is 14.5. The van der Waals surface area contributed by atoms with Gasteiger partial charge >= 0.3 is 6.03 Å². The van der Waals surface area contributed by atoms with Gasteiger partial charge in [-0.05, 0) is 49.4 Å². The number of benzene rings is 2. The molecule has 1 fully saturated rings. The summed E-state index contributed by atoms with van der Waals surface area (Å²) in [6.45, 7) is 4.23. The van der Waals surface area contributed by atoms with Gasteiger partial charge in [-0.2, -0.15) is 0 Å². The van der Waals surface area contributed by atoms with Crippen LogP contribution in [0.5, 0.6) is 0 Å². The third-order valence-corrected chi connectivity index (χ3v) is 4.90. The van der Waals surface area contributed by atoms with E-state index in [2.05, 4.69) is 10.6 Å². The number of urea groups is 1. The molecule has 6 nitrogen and oxygen atoms in total. The molecule has 0 unspecified atom stereocenters. The van der Waals surface area contributed by atoms with Crippen molar-refractivity contribution in [1.82, 2.24) is 10.2 Å². The van der Waals surface area contributed by atoms with Gasteiger partial charge in [0.1, 0.15) is 6.04 Å². The molecule has 0 spiro atoms. The smallest absolute Gasteiger partial charge is 0.324 e. The molecule has 28 heavy (non-hydrogen) atoms. The number of amides is 4. The Bertz CT molecular complexity index is 880. The van der Waals surface area contributed by atoms with Crippen molar-refractivity contribution < 1.29 is 14.4 Å². The van der Waals surface area contributed by atoms with E-state index in [4.69, 9.17) is 0 Å². The van der Waals surface area contributed by atoms with E-state index in [1.165, 1.54) is 4.90 Å². The fraction of sp³-hybridized carbons (Fsp3) is 0.318. The van der Waals surface area contributed by atoms with Crippen molar-refractivity contribution >= 4 is 23.5 Å². The Morgan fingerprint density at radius 2 is 1.86 bits per heavy atom. The lowest BCUT2D eigenvalue weighted by molar-refractivity contribution is -0.127. The molecule has 1 aliphatic heterocycles. The molecule has 4 amide bonds. The molecule has 6 heteroatoms. The predicted molar refractivity (Wildman–Crippen MR) is 108 cm³/mol. The Morgan fingerprint density at radius 1 is 1.11 bits per heavy atom. The first-order valence-corrected chi connectivity index (χ1v) is 9.47. The molecule has 1 aliphatic rings. The zero-order valence-corrected chi connectivity index (χ0v) is 16.2. The topological polar surface area (TPSA) is 78.5 Å². The summed E-state index contributed by atoms with van der Waals surface area (Å²) in [6.07, 6.45) is 1.06. The van der Waals surface area contributed by atoms with E-state index in [1.54, 1.807) is 0 Å². The SMILES string of the molecule is Cc1ccc(C)c(NC(=O)CC[C@H]2NC(=O)N(CCc3ccccc3)C2=O)c1. The highest BCUT2D eigenvalue weighted by molar-refractivity contribution is 6.04. The van der Waals surface area contributed by atoms with Crippen LogP contribution in [0.2, 0.25) is 0 Å². The number of nitrogens with zero attached hydrogens (tertiary/aromatic N) is 1. The molecule has 2 N–H and O–H groups in total. The zero-order chi connectivity index (χ0) is 20.1. The van der Waals surface area contributed by atoms with E-state index in [0.717, 1.165) is 22.4 Å². The number of aryl methyl sites for hydroxylation is 2. The molecule has 0 aromatic heterocycles. The third kappa shape index (κ3) is 4.76. The number of nitrogens with one attached hydrogen (secondary N) is 2. The number of rotatable bonds is 7. The van der Waals surface area contributed by atoms with Crippen LogP contribution in [0.25, 0.3) is 0 Å². The molecule has 0 saturated carbocycles. The Morgan fingerprint density at radius 3 is 2.61 bits per heavy atom. The van der Waals surface area contributed by atoms with Crippen LogP contribution in [0.4, 0.5) is 10.5 Å². The van der Waals surface area contributed by atoms with E-state index in [-0.39, 0.29) is 30.7 Å². The lowest BCUT2D eigenvalue weighted by Gasteiger charge is -2.13. The molecule has 1 atom stereocenters. The van der Waals surface area contributed by atoms with E-state index in [9.17, 15) is 14.4 Å². The average molecular weight is 379 g/mol. The highest BCUT2D eigenvalue weighted by Gasteiger charge is 2.37. The van der Waals surface area contributed by atoms with Crippen LogP contribution >= 0.6 is 0 Å². The second-order valence-electron chi connectivity index (χ2n) is 7.13. The lowest BCUT2D eigenvalue weighted by Crippen LogP contribution is -2.33. The third-order valence-electron chi connectivity index (χ3n) is 4.90. The Balaban J connectivity index is 1.50.